The summed E-state index contributed by atoms with van der Waals surface area (Å²) in [5, 5.41) is 10.8. The first-order valence-electron chi connectivity index (χ1n) is 5.72. The van der Waals surface area contributed by atoms with Gasteiger partial charge >= 0.3 is 0 Å². The number of hydrogen-bond donors (Lipinski definition) is 2. The maximum absolute atomic E-state index is 4.94. The van der Waals surface area contributed by atoms with Crippen molar-refractivity contribution in [3.63, 3.8) is 0 Å². The largest absolute Gasteiger partial charge is 0.383 e. The fourth-order valence-corrected chi connectivity index (χ4v) is 1.43. The fraction of sp³-hybridized carbons (Fsp3) is 0.727. The first-order valence-corrected chi connectivity index (χ1v) is 5.72. The van der Waals surface area contributed by atoms with E-state index < -0.39 is 0 Å². The number of aryl methyl sites for hydroxylation is 1. The molecule has 0 saturated heterocycles. The highest BCUT2D eigenvalue weighted by atomic mass is 16.5. The molecule has 1 aromatic heterocycles. The molecule has 0 fully saturated rings. The van der Waals surface area contributed by atoms with Crippen molar-refractivity contribution in [2.75, 3.05) is 33.4 Å². The van der Waals surface area contributed by atoms with Gasteiger partial charge in [0.05, 0.1) is 12.3 Å². The van der Waals surface area contributed by atoms with Gasteiger partial charge in [-0.25, -0.2) is 0 Å². The highest BCUT2D eigenvalue weighted by Crippen LogP contribution is 1.94. The van der Waals surface area contributed by atoms with Crippen LogP contribution in [0.3, 0.4) is 0 Å². The Labute approximate surface area is 97.2 Å². The van der Waals surface area contributed by atoms with Crippen LogP contribution in [0.15, 0.2) is 12.3 Å². The van der Waals surface area contributed by atoms with Gasteiger partial charge < -0.3 is 15.4 Å². The highest BCUT2D eigenvalue weighted by molar-refractivity contribution is 4.98. The Morgan fingerprint density at radius 2 is 2.12 bits per heavy atom. The van der Waals surface area contributed by atoms with Crippen LogP contribution in [0.5, 0.6) is 0 Å². The lowest BCUT2D eigenvalue weighted by molar-refractivity contribution is 0.199. The summed E-state index contributed by atoms with van der Waals surface area (Å²) >= 11 is 0. The molecule has 16 heavy (non-hydrogen) atoms. The van der Waals surface area contributed by atoms with Gasteiger partial charge in [0.15, 0.2) is 0 Å². The van der Waals surface area contributed by atoms with Crippen molar-refractivity contribution >= 4 is 0 Å². The van der Waals surface area contributed by atoms with E-state index in [0.717, 1.165) is 39.2 Å². The third kappa shape index (κ3) is 5.25. The molecule has 0 amide bonds. The zero-order valence-electron chi connectivity index (χ0n) is 10.2. The monoisotopic (exact) mass is 226 g/mol. The Kier molecular flexibility index (Phi) is 6.80. The van der Waals surface area contributed by atoms with Crippen LogP contribution in [0.4, 0.5) is 0 Å². The van der Waals surface area contributed by atoms with E-state index in [1.165, 1.54) is 5.69 Å². The molecule has 1 heterocycles. The van der Waals surface area contributed by atoms with Crippen LogP contribution in [-0.2, 0) is 18.3 Å². The van der Waals surface area contributed by atoms with Crippen molar-refractivity contribution in [2.45, 2.75) is 13.0 Å². The van der Waals surface area contributed by atoms with Gasteiger partial charge in [0, 0.05) is 33.4 Å². The van der Waals surface area contributed by atoms with E-state index >= 15 is 0 Å². The summed E-state index contributed by atoms with van der Waals surface area (Å²) in [6.45, 7) is 4.64. The van der Waals surface area contributed by atoms with Crippen LogP contribution in [0.1, 0.15) is 12.1 Å². The number of aromatic nitrogens is 2. The van der Waals surface area contributed by atoms with Gasteiger partial charge in [0.2, 0.25) is 0 Å². The molecule has 0 unspecified atom stereocenters. The second kappa shape index (κ2) is 8.27. The average Bonchev–Trinajstić information content (AvgIpc) is 2.68. The zero-order chi connectivity index (χ0) is 11.6. The number of rotatable bonds is 9. The van der Waals surface area contributed by atoms with Crippen molar-refractivity contribution in [1.29, 1.82) is 0 Å². The van der Waals surface area contributed by atoms with Crippen LogP contribution < -0.4 is 10.6 Å². The summed E-state index contributed by atoms with van der Waals surface area (Å²) in [7, 11) is 3.68. The van der Waals surface area contributed by atoms with Gasteiger partial charge in [-0.15, -0.1) is 0 Å². The molecule has 0 aliphatic rings. The summed E-state index contributed by atoms with van der Waals surface area (Å²) in [6.07, 6.45) is 2.95. The highest BCUT2D eigenvalue weighted by Gasteiger charge is 1.96. The Morgan fingerprint density at radius 3 is 2.81 bits per heavy atom. The van der Waals surface area contributed by atoms with Gasteiger partial charge in [0.25, 0.3) is 0 Å². The second-order valence-corrected chi connectivity index (χ2v) is 3.72. The molecular formula is C11H22N4O. The van der Waals surface area contributed by atoms with Crippen molar-refractivity contribution in [1.82, 2.24) is 20.4 Å². The second-order valence-electron chi connectivity index (χ2n) is 3.72. The van der Waals surface area contributed by atoms with Crippen LogP contribution in [0.25, 0.3) is 0 Å². The Balaban J connectivity index is 1.91. The number of nitrogens with one attached hydrogen (secondary N) is 2. The molecular weight excluding hydrogens is 204 g/mol. The van der Waals surface area contributed by atoms with Gasteiger partial charge in [-0.2, -0.15) is 5.10 Å². The van der Waals surface area contributed by atoms with Crippen LogP contribution in [0, 0.1) is 0 Å². The summed E-state index contributed by atoms with van der Waals surface area (Å²) in [6, 6.07) is 2.03. The molecule has 0 atom stereocenters. The number of hydrogen-bond acceptors (Lipinski definition) is 4. The van der Waals surface area contributed by atoms with Crippen molar-refractivity contribution in [2.24, 2.45) is 7.05 Å². The van der Waals surface area contributed by atoms with E-state index in [1.807, 2.05) is 24.0 Å². The molecule has 1 aromatic rings. The van der Waals surface area contributed by atoms with Gasteiger partial charge in [-0.05, 0) is 25.6 Å². The maximum atomic E-state index is 4.94. The average molecular weight is 226 g/mol. The lowest BCUT2D eigenvalue weighted by Gasteiger charge is -2.06. The Bertz CT molecular complexity index is 275. The predicted octanol–water partition coefficient (Wildman–Crippen LogP) is 0.136. The molecule has 5 heteroatoms. The van der Waals surface area contributed by atoms with E-state index in [0.29, 0.717) is 0 Å². The van der Waals surface area contributed by atoms with Crippen molar-refractivity contribution in [3.05, 3.63) is 18.0 Å². The van der Waals surface area contributed by atoms with E-state index in [-0.39, 0.29) is 0 Å². The number of ether oxygens (including phenoxy) is 1. The normalized spacial score (nSPS) is 10.9. The van der Waals surface area contributed by atoms with Gasteiger partial charge in [-0.1, -0.05) is 0 Å². The fourth-order valence-electron chi connectivity index (χ4n) is 1.43. The summed E-state index contributed by atoms with van der Waals surface area (Å²) in [4.78, 5) is 0. The topological polar surface area (TPSA) is 51.1 Å². The smallest absolute Gasteiger partial charge is 0.0587 e. The Hall–Kier alpha value is -0.910. The molecule has 0 aliphatic carbocycles. The summed E-state index contributed by atoms with van der Waals surface area (Å²) in [5.41, 5.74) is 1.22. The minimum absolute atomic E-state index is 0.780. The van der Waals surface area contributed by atoms with Crippen LogP contribution in [-0.4, -0.2) is 43.1 Å². The van der Waals surface area contributed by atoms with Gasteiger partial charge in [-0.3, -0.25) is 4.68 Å². The van der Waals surface area contributed by atoms with Gasteiger partial charge in [0.1, 0.15) is 0 Å². The Morgan fingerprint density at radius 1 is 1.31 bits per heavy atom. The van der Waals surface area contributed by atoms with E-state index in [2.05, 4.69) is 15.7 Å². The maximum Gasteiger partial charge on any atom is 0.0587 e. The number of nitrogens with zero attached hydrogens (tertiary/aromatic N) is 2. The molecule has 0 spiro atoms. The molecule has 0 saturated carbocycles. The van der Waals surface area contributed by atoms with Crippen molar-refractivity contribution in [3.8, 4) is 0 Å². The molecule has 2 N–H and O–H groups in total. The third-order valence-electron chi connectivity index (χ3n) is 2.42. The lowest BCUT2D eigenvalue weighted by atomic mass is 10.4. The molecule has 1 rings (SSSR count). The SMILES string of the molecule is COCCNCCCNCc1ccnn1C. The first kappa shape index (κ1) is 13.2. The predicted molar refractivity (Wildman–Crippen MR) is 64.3 cm³/mol. The van der Waals surface area contributed by atoms with Crippen LogP contribution >= 0.6 is 0 Å². The first-order chi connectivity index (χ1) is 7.84. The van der Waals surface area contributed by atoms with E-state index in [1.54, 1.807) is 7.11 Å². The molecule has 5 nitrogen and oxygen atoms in total. The third-order valence-corrected chi connectivity index (χ3v) is 2.42. The molecule has 0 aromatic carbocycles. The number of methoxy groups -OCH3 is 1. The molecule has 92 valence electrons. The standard InChI is InChI=1S/C11H22N4O/c1-15-11(4-7-14-15)10-13-6-3-5-12-8-9-16-2/h4,7,12-13H,3,5-6,8-10H2,1-2H3. The zero-order valence-corrected chi connectivity index (χ0v) is 10.2. The lowest BCUT2D eigenvalue weighted by Crippen LogP contribution is -2.24. The van der Waals surface area contributed by atoms with E-state index in [9.17, 15) is 0 Å². The van der Waals surface area contributed by atoms with Crippen molar-refractivity contribution < 1.29 is 4.74 Å². The quantitative estimate of drug-likeness (QED) is 0.588. The van der Waals surface area contributed by atoms with Crippen LogP contribution in [0.2, 0.25) is 0 Å². The van der Waals surface area contributed by atoms with E-state index in [4.69, 9.17) is 4.74 Å². The minimum Gasteiger partial charge on any atom is -0.383 e. The minimum atomic E-state index is 0.780. The summed E-state index contributed by atoms with van der Waals surface area (Å²) in [5.74, 6) is 0. The molecule has 0 radical (unpaired) electrons. The molecule has 0 bridgehead atoms. The molecule has 0 aliphatic heterocycles. The summed E-state index contributed by atoms with van der Waals surface area (Å²) < 4.78 is 6.84.